The Hall–Kier alpha value is -2.01. The molecule has 1 aromatic heterocycles. The fourth-order valence-electron chi connectivity index (χ4n) is 1.58. The van der Waals surface area contributed by atoms with Crippen molar-refractivity contribution in [3.05, 3.63) is 45.4 Å². The van der Waals surface area contributed by atoms with Crippen LogP contribution in [0.1, 0.15) is 10.5 Å². The van der Waals surface area contributed by atoms with Gasteiger partial charge in [-0.15, -0.1) is 0 Å². The normalized spacial score (nSPS) is 10.5. The molecule has 0 amide bonds. The van der Waals surface area contributed by atoms with Crippen LogP contribution in [0.25, 0.3) is 11.1 Å². The number of hydrogen-bond donors (Lipinski definition) is 1. The maximum Gasteiger partial charge on any atom is 0.366 e. The minimum absolute atomic E-state index is 0.0247. The van der Waals surface area contributed by atoms with E-state index in [-0.39, 0.29) is 11.3 Å². The van der Waals surface area contributed by atoms with Crippen molar-refractivity contribution in [1.82, 2.24) is 4.74 Å². The summed E-state index contributed by atoms with van der Waals surface area (Å²) in [5, 5.41) is 9.54. The van der Waals surface area contributed by atoms with Crippen molar-refractivity contribution in [2.75, 3.05) is 0 Å². The van der Waals surface area contributed by atoms with Gasteiger partial charge in [-0.2, -0.15) is 0 Å². The van der Waals surface area contributed by atoms with Crippen LogP contribution >= 0.6 is 11.6 Å². The molecule has 0 spiro atoms. The average Bonchev–Trinajstić information content (AvgIpc) is 2.55. The molecule has 0 atom stereocenters. The minimum atomic E-state index is -1.22. The molecular weight excluding hydrogens is 246 g/mol. The van der Waals surface area contributed by atoms with Gasteiger partial charge in [-0.25, -0.2) is 14.3 Å². The summed E-state index contributed by atoms with van der Waals surface area (Å²) in [6.07, 6.45) is 0. The number of benzene rings is 1. The SMILES string of the molecule is Cn1oc(=O)c(-c2ccc(Cl)cc2)c1C(=O)O. The van der Waals surface area contributed by atoms with Gasteiger partial charge in [-0.3, -0.25) is 0 Å². The van der Waals surface area contributed by atoms with E-state index in [1.54, 1.807) is 24.3 Å². The molecular formula is C11H8ClNO4. The Morgan fingerprint density at radius 1 is 1.35 bits per heavy atom. The molecule has 0 saturated carbocycles. The average molecular weight is 254 g/mol. The Bertz CT molecular complexity index is 624. The standard InChI is InChI=1S/C11H8ClNO4/c1-13-9(10(14)15)8(11(16)17-13)6-2-4-7(12)5-3-6/h2-5H,1H3,(H,14,15). The van der Waals surface area contributed by atoms with Crippen LogP contribution < -0.4 is 5.63 Å². The number of halogens is 1. The van der Waals surface area contributed by atoms with Crippen molar-refractivity contribution in [3.8, 4) is 11.1 Å². The zero-order valence-corrected chi connectivity index (χ0v) is 9.56. The third-order valence-electron chi connectivity index (χ3n) is 2.31. The summed E-state index contributed by atoms with van der Waals surface area (Å²) >= 11 is 5.72. The number of carboxylic acid groups (broad SMARTS) is 1. The molecule has 17 heavy (non-hydrogen) atoms. The lowest BCUT2D eigenvalue weighted by molar-refractivity contribution is 0.0673. The van der Waals surface area contributed by atoms with Crippen LogP contribution in [-0.2, 0) is 7.05 Å². The third-order valence-corrected chi connectivity index (χ3v) is 2.56. The predicted molar refractivity (Wildman–Crippen MR) is 61.4 cm³/mol. The van der Waals surface area contributed by atoms with E-state index >= 15 is 0 Å². The molecule has 88 valence electrons. The molecule has 0 bridgehead atoms. The molecule has 0 aliphatic heterocycles. The summed E-state index contributed by atoms with van der Waals surface area (Å²) in [5.74, 6) is -1.22. The van der Waals surface area contributed by atoms with Gasteiger partial charge in [-0.05, 0) is 17.7 Å². The fraction of sp³-hybridized carbons (Fsp3) is 0.0909. The minimum Gasteiger partial charge on any atom is -0.476 e. The number of aromatic nitrogens is 1. The molecule has 0 aliphatic rings. The van der Waals surface area contributed by atoms with Crippen LogP contribution in [-0.4, -0.2) is 15.8 Å². The summed E-state index contributed by atoms with van der Waals surface area (Å²) in [6.45, 7) is 0. The number of carbonyl (C=O) groups is 1. The molecule has 0 saturated heterocycles. The Morgan fingerprint density at radius 3 is 2.47 bits per heavy atom. The predicted octanol–water partition coefficient (Wildman–Crippen LogP) is 2.00. The Balaban J connectivity index is 2.70. The van der Waals surface area contributed by atoms with E-state index in [0.717, 1.165) is 4.74 Å². The van der Waals surface area contributed by atoms with E-state index in [1.165, 1.54) is 7.05 Å². The van der Waals surface area contributed by atoms with E-state index in [4.69, 9.17) is 21.2 Å². The fourth-order valence-corrected chi connectivity index (χ4v) is 1.71. The third kappa shape index (κ3) is 1.97. The highest BCUT2D eigenvalue weighted by Gasteiger charge is 2.22. The smallest absolute Gasteiger partial charge is 0.366 e. The number of aromatic carboxylic acids is 1. The number of carboxylic acids is 1. The number of rotatable bonds is 2. The van der Waals surface area contributed by atoms with Crippen molar-refractivity contribution in [2.45, 2.75) is 0 Å². The highest BCUT2D eigenvalue weighted by molar-refractivity contribution is 6.30. The van der Waals surface area contributed by atoms with Crippen LogP contribution in [0.5, 0.6) is 0 Å². The van der Waals surface area contributed by atoms with Crippen LogP contribution in [0, 0.1) is 0 Å². The molecule has 2 aromatic rings. The molecule has 0 aliphatic carbocycles. The summed E-state index contributed by atoms with van der Waals surface area (Å²) in [5.41, 5.74) is -0.387. The quantitative estimate of drug-likeness (QED) is 0.888. The molecule has 0 radical (unpaired) electrons. The second-order valence-corrected chi connectivity index (χ2v) is 3.85. The van der Waals surface area contributed by atoms with E-state index in [9.17, 15) is 9.59 Å². The van der Waals surface area contributed by atoms with Crippen molar-refractivity contribution < 1.29 is 14.4 Å². The summed E-state index contributed by atoms with van der Waals surface area (Å²) in [4.78, 5) is 22.6. The topological polar surface area (TPSA) is 72.4 Å². The van der Waals surface area contributed by atoms with Gasteiger partial charge in [0.25, 0.3) is 0 Å². The lowest BCUT2D eigenvalue weighted by Gasteiger charge is -1.99. The first-order valence-corrected chi connectivity index (χ1v) is 5.08. The molecule has 0 fully saturated rings. The van der Waals surface area contributed by atoms with E-state index in [1.807, 2.05) is 0 Å². The van der Waals surface area contributed by atoms with Gasteiger partial charge < -0.3 is 9.63 Å². The number of nitrogens with zero attached hydrogens (tertiary/aromatic N) is 1. The molecule has 2 rings (SSSR count). The summed E-state index contributed by atoms with van der Waals surface area (Å²) < 4.78 is 5.68. The molecule has 5 nitrogen and oxygen atoms in total. The van der Waals surface area contributed by atoms with Gasteiger partial charge in [-0.1, -0.05) is 23.7 Å². The molecule has 1 heterocycles. The first-order chi connectivity index (χ1) is 8.00. The van der Waals surface area contributed by atoms with Crippen LogP contribution in [0.15, 0.2) is 33.6 Å². The van der Waals surface area contributed by atoms with E-state index < -0.39 is 11.6 Å². The zero-order valence-electron chi connectivity index (χ0n) is 8.81. The maximum atomic E-state index is 11.6. The highest BCUT2D eigenvalue weighted by atomic mass is 35.5. The van der Waals surface area contributed by atoms with Gasteiger partial charge in [0.2, 0.25) is 0 Å². The lowest BCUT2D eigenvalue weighted by atomic mass is 10.1. The Kier molecular flexibility index (Phi) is 2.77. The lowest BCUT2D eigenvalue weighted by Crippen LogP contribution is -2.06. The first-order valence-electron chi connectivity index (χ1n) is 4.70. The van der Waals surface area contributed by atoms with Gasteiger partial charge in [0.15, 0.2) is 5.69 Å². The zero-order chi connectivity index (χ0) is 12.6. The largest absolute Gasteiger partial charge is 0.476 e. The number of aryl methyl sites for hydroxylation is 1. The van der Waals surface area contributed by atoms with Crippen LogP contribution in [0.2, 0.25) is 5.02 Å². The van der Waals surface area contributed by atoms with Crippen molar-refractivity contribution in [2.24, 2.45) is 7.05 Å². The molecule has 0 unspecified atom stereocenters. The van der Waals surface area contributed by atoms with Gasteiger partial charge in [0.1, 0.15) is 5.56 Å². The van der Waals surface area contributed by atoms with Gasteiger partial charge in [0, 0.05) is 12.1 Å². The van der Waals surface area contributed by atoms with Crippen LogP contribution in [0.3, 0.4) is 0 Å². The van der Waals surface area contributed by atoms with Gasteiger partial charge >= 0.3 is 11.6 Å². The summed E-state index contributed by atoms with van der Waals surface area (Å²) in [6, 6.07) is 6.30. The molecule has 1 aromatic carbocycles. The Morgan fingerprint density at radius 2 is 1.94 bits per heavy atom. The maximum absolute atomic E-state index is 11.6. The van der Waals surface area contributed by atoms with E-state index in [2.05, 4.69) is 0 Å². The van der Waals surface area contributed by atoms with E-state index in [0.29, 0.717) is 10.6 Å². The van der Waals surface area contributed by atoms with Gasteiger partial charge in [0.05, 0.1) is 0 Å². The second kappa shape index (κ2) is 4.10. The highest BCUT2D eigenvalue weighted by Crippen LogP contribution is 2.22. The monoisotopic (exact) mass is 253 g/mol. The molecule has 1 N–H and O–H groups in total. The molecule has 6 heteroatoms. The Labute approximate surface area is 101 Å². The van der Waals surface area contributed by atoms with Crippen molar-refractivity contribution >= 4 is 17.6 Å². The van der Waals surface area contributed by atoms with Crippen LogP contribution in [0.4, 0.5) is 0 Å². The first kappa shape index (κ1) is 11.5. The summed E-state index contributed by atoms with van der Waals surface area (Å²) in [7, 11) is 1.37. The second-order valence-electron chi connectivity index (χ2n) is 3.41. The van der Waals surface area contributed by atoms with Crippen molar-refractivity contribution in [3.63, 3.8) is 0 Å². The van der Waals surface area contributed by atoms with Crippen molar-refractivity contribution in [1.29, 1.82) is 0 Å². The number of hydrogen-bond acceptors (Lipinski definition) is 3.